The van der Waals surface area contributed by atoms with Crippen molar-refractivity contribution in [2.45, 2.75) is 79.7 Å². The molecule has 0 aromatic heterocycles. The van der Waals surface area contributed by atoms with E-state index in [0.29, 0.717) is 12.3 Å². The number of amides is 2. The maximum atomic E-state index is 12.8. The van der Waals surface area contributed by atoms with Gasteiger partial charge in [0, 0.05) is 18.8 Å². The normalized spacial score (nSPS) is 18.3. The molecule has 33 heavy (non-hydrogen) atoms. The SMILES string of the molecule is CC.CC(N)=O.CC1CCC(C(=O)NC(Cc2ccc3ccccc3c2)C(=O)C(C)C)CC1. The first-order valence-electron chi connectivity index (χ1n) is 12.2. The summed E-state index contributed by atoms with van der Waals surface area (Å²) in [6, 6.07) is 14.1. The van der Waals surface area contributed by atoms with Crippen LogP contribution in [0.3, 0.4) is 0 Å². The van der Waals surface area contributed by atoms with Gasteiger partial charge in [0.15, 0.2) is 5.78 Å². The van der Waals surface area contributed by atoms with Crippen molar-refractivity contribution in [1.82, 2.24) is 5.32 Å². The fourth-order valence-corrected chi connectivity index (χ4v) is 4.04. The molecule has 2 aromatic rings. The van der Waals surface area contributed by atoms with Crippen LogP contribution in [0, 0.1) is 17.8 Å². The number of benzene rings is 2. The highest BCUT2D eigenvalue weighted by Gasteiger charge is 2.29. The first-order valence-corrected chi connectivity index (χ1v) is 12.2. The van der Waals surface area contributed by atoms with Crippen LogP contribution in [-0.2, 0) is 20.8 Å². The summed E-state index contributed by atoms with van der Waals surface area (Å²) < 4.78 is 0. The zero-order valence-electron chi connectivity index (χ0n) is 21.2. The van der Waals surface area contributed by atoms with Gasteiger partial charge in [0.2, 0.25) is 11.8 Å². The molecule has 1 saturated carbocycles. The molecule has 5 nitrogen and oxygen atoms in total. The lowest BCUT2D eigenvalue weighted by molar-refractivity contribution is -0.132. The van der Waals surface area contributed by atoms with Gasteiger partial charge < -0.3 is 11.1 Å². The Balaban J connectivity index is 0.000000820. The van der Waals surface area contributed by atoms with E-state index in [1.165, 1.54) is 17.7 Å². The lowest BCUT2D eigenvalue weighted by atomic mass is 9.82. The molecule has 0 aliphatic heterocycles. The summed E-state index contributed by atoms with van der Waals surface area (Å²) in [4.78, 5) is 34.8. The molecule has 1 aliphatic carbocycles. The highest BCUT2D eigenvalue weighted by molar-refractivity contribution is 5.91. The van der Waals surface area contributed by atoms with E-state index >= 15 is 0 Å². The van der Waals surface area contributed by atoms with Crippen LogP contribution in [0.15, 0.2) is 42.5 Å². The summed E-state index contributed by atoms with van der Waals surface area (Å²) in [5, 5.41) is 5.44. The number of rotatable bonds is 6. The van der Waals surface area contributed by atoms with Crippen molar-refractivity contribution in [2.75, 3.05) is 0 Å². The molecule has 0 heterocycles. The maximum Gasteiger partial charge on any atom is 0.223 e. The van der Waals surface area contributed by atoms with Gasteiger partial charge in [0.25, 0.3) is 0 Å². The number of carbonyl (C=O) groups is 3. The molecule has 182 valence electrons. The van der Waals surface area contributed by atoms with Crippen molar-refractivity contribution < 1.29 is 14.4 Å². The zero-order valence-corrected chi connectivity index (χ0v) is 21.2. The number of ketones is 1. The average Bonchev–Trinajstić information content (AvgIpc) is 2.79. The van der Waals surface area contributed by atoms with E-state index in [9.17, 15) is 14.4 Å². The fraction of sp³-hybridized carbons (Fsp3) is 0.536. The van der Waals surface area contributed by atoms with Crippen LogP contribution in [0.5, 0.6) is 0 Å². The summed E-state index contributed by atoms with van der Waals surface area (Å²) in [6.07, 6.45) is 4.63. The summed E-state index contributed by atoms with van der Waals surface area (Å²) in [6.45, 7) is 11.4. The van der Waals surface area contributed by atoms with Gasteiger partial charge in [0.1, 0.15) is 0 Å². The third kappa shape index (κ3) is 9.77. The molecule has 1 atom stereocenters. The number of hydrogen-bond acceptors (Lipinski definition) is 3. The van der Waals surface area contributed by atoms with Crippen molar-refractivity contribution in [3.05, 3.63) is 48.0 Å². The lowest BCUT2D eigenvalue weighted by Crippen LogP contribution is -2.47. The van der Waals surface area contributed by atoms with E-state index in [1.54, 1.807) is 0 Å². The summed E-state index contributed by atoms with van der Waals surface area (Å²) in [5.41, 5.74) is 5.56. The highest BCUT2D eigenvalue weighted by atomic mass is 16.2. The Morgan fingerprint density at radius 2 is 1.52 bits per heavy atom. The maximum absolute atomic E-state index is 12.8. The molecule has 0 saturated heterocycles. The summed E-state index contributed by atoms with van der Waals surface area (Å²) >= 11 is 0. The molecule has 0 radical (unpaired) electrons. The van der Waals surface area contributed by atoms with Crippen molar-refractivity contribution in [3.63, 3.8) is 0 Å². The second-order valence-electron chi connectivity index (χ2n) is 9.07. The summed E-state index contributed by atoms with van der Waals surface area (Å²) in [5.74, 6) is 0.504. The Morgan fingerprint density at radius 3 is 2.06 bits per heavy atom. The molecule has 0 bridgehead atoms. The van der Waals surface area contributed by atoms with Crippen molar-refractivity contribution in [1.29, 1.82) is 0 Å². The molecule has 3 rings (SSSR count). The van der Waals surface area contributed by atoms with E-state index < -0.39 is 6.04 Å². The minimum atomic E-state index is -0.446. The quantitative estimate of drug-likeness (QED) is 0.609. The van der Waals surface area contributed by atoms with Crippen LogP contribution >= 0.6 is 0 Å². The minimum absolute atomic E-state index is 0.0558. The van der Waals surface area contributed by atoms with E-state index in [2.05, 4.69) is 48.3 Å². The highest BCUT2D eigenvalue weighted by Crippen LogP contribution is 2.28. The van der Waals surface area contributed by atoms with Crippen LogP contribution in [0.2, 0.25) is 0 Å². The van der Waals surface area contributed by atoms with Gasteiger partial charge in [-0.3, -0.25) is 14.4 Å². The van der Waals surface area contributed by atoms with Crippen LogP contribution in [0.1, 0.15) is 72.8 Å². The smallest absolute Gasteiger partial charge is 0.223 e. The van der Waals surface area contributed by atoms with Gasteiger partial charge in [0.05, 0.1) is 6.04 Å². The fourth-order valence-electron chi connectivity index (χ4n) is 4.04. The predicted molar refractivity (Wildman–Crippen MR) is 137 cm³/mol. The standard InChI is InChI=1S/C24H31NO2.C2H5NO.C2H6/c1-16(2)23(26)22(25-24(27)20-11-8-17(3)9-12-20)15-18-10-13-19-6-4-5-7-21(19)14-18;1-2(3)4;1-2/h4-7,10,13-14,16-17,20,22H,8-9,11-12,15H2,1-3H3,(H,25,27);1H3,(H2,3,4);1-2H3. The molecular formula is C28H42N2O3. The molecule has 0 spiro atoms. The monoisotopic (exact) mass is 454 g/mol. The van der Waals surface area contributed by atoms with Gasteiger partial charge >= 0.3 is 0 Å². The van der Waals surface area contributed by atoms with E-state index in [-0.39, 0.29) is 29.4 Å². The Labute approximate surface area is 199 Å². The second-order valence-corrected chi connectivity index (χ2v) is 9.07. The van der Waals surface area contributed by atoms with Crippen LogP contribution in [-0.4, -0.2) is 23.6 Å². The topological polar surface area (TPSA) is 89.3 Å². The molecule has 5 heteroatoms. The van der Waals surface area contributed by atoms with E-state index in [1.807, 2.05) is 39.8 Å². The Morgan fingerprint density at radius 1 is 0.970 bits per heavy atom. The third-order valence-electron chi connectivity index (χ3n) is 5.87. The van der Waals surface area contributed by atoms with Crippen molar-refractivity contribution in [2.24, 2.45) is 23.5 Å². The molecule has 2 amide bonds. The van der Waals surface area contributed by atoms with E-state index in [4.69, 9.17) is 0 Å². The molecule has 2 aromatic carbocycles. The Bertz CT molecular complexity index is 895. The number of carbonyl (C=O) groups excluding carboxylic acids is 3. The first kappa shape index (κ1) is 28.3. The van der Waals surface area contributed by atoms with Crippen molar-refractivity contribution >= 4 is 28.4 Å². The second kappa shape index (κ2) is 14.5. The predicted octanol–water partition coefficient (Wildman–Crippen LogP) is 5.44. The van der Waals surface area contributed by atoms with Gasteiger partial charge in [-0.15, -0.1) is 0 Å². The molecule has 1 aliphatic rings. The zero-order chi connectivity index (χ0) is 25.0. The Hall–Kier alpha value is -2.69. The van der Waals surface area contributed by atoms with Crippen LogP contribution in [0.25, 0.3) is 10.8 Å². The largest absolute Gasteiger partial charge is 0.370 e. The van der Waals surface area contributed by atoms with Gasteiger partial charge in [-0.05, 0) is 54.4 Å². The van der Waals surface area contributed by atoms with Gasteiger partial charge in [-0.2, -0.15) is 0 Å². The first-order chi connectivity index (χ1) is 15.7. The van der Waals surface area contributed by atoms with E-state index in [0.717, 1.165) is 31.2 Å². The number of Topliss-reactive ketones (excluding diaryl/α,β-unsaturated/α-hetero) is 1. The average molecular weight is 455 g/mol. The number of fused-ring (bicyclic) bond motifs is 1. The third-order valence-corrected chi connectivity index (χ3v) is 5.87. The van der Waals surface area contributed by atoms with Gasteiger partial charge in [-0.25, -0.2) is 0 Å². The number of nitrogens with two attached hydrogens (primary N) is 1. The number of nitrogens with one attached hydrogen (secondary N) is 1. The van der Waals surface area contributed by atoms with Crippen molar-refractivity contribution in [3.8, 4) is 0 Å². The Kier molecular flexibility index (Phi) is 12.4. The summed E-state index contributed by atoms with van der Waals surface area (Å²) in [7, 11) is 0. The molecule has 1 unspecified atom stereocenters. The van der Waals surface area contributed by atoms with Crippen LogP contribution < -0.4 is 11.1 Å². The molecule has 3 N–H and O–H groups in total. The minimum Gasteiger partial charge on any atom is -0.370 e. The van der Waals surface area contributed by atoms with Gasteiger partial charge in [-0.1, -0.05) is 77.1 Å². The number of hydrogen-bond donors (Lipinski definition) is 2. The lowest BCUT2D eigenvalue weighted by Gasteiger charge is -2.28. The number of primary amides is 1. The van der Waals surface area contributed by atoms with Crippen LogP contribution in [0.4, 0.5) is 0 Å². The molecule has 1 fully saturated rings. The molecular weight excluding hydrogens is 412 g/mol.